The van der Waals surface area contributed by atoms with Gasteiger partial charge in [-0.05, 0) is 41.3 Å². The minimum absolute atomic E-state index is 0.563. The van der Waals surface area contributed by atoms with Crippen molar-refractivity contribution in [1.82, 2.24) is 5.43 Å². The maximum Gasteiger partial charge on any atom is 0.0745 e. The molecule has 0 radical (unpaired) electrons. The minimum Gasteiger partial charge on any atom is -0.397 e. The molecule has 2 rings (SSSR count). The number of nitrogens with zero attached hydrogens (tertiary/aromatic N) is 1. The second-order valence-corrected chi connectivity index (χ2v) is 5.46. The first-order valence-corrected chi connectivity index (χ1v) is 7.68. The smallest absolute Gasteiger partial charge is 0.0745 e. The highest BCUT2D eigenvalue weighted by atomic mass is 15.2. The molecule has 0 aliphatic heterocycles. The average Bonchev–Trinajstić information content (AvgIpc) is 2.63. The largest absolute Gasteiger partial charge is 0.397 e. The number of nitrogens with one attached hydrogen (secondary N) is 3. The molecular formula is C19H22N6. The Morgan fingerprint density at radius 3 is 2.12 bits per heavy atom. The quantitative estimate of drug-likeness (QED) is 0.228. The monoisotopic (exact) mass is 334 g/mol. The number of allylic oxidation sites excluding steroid dienone is 1. The number of hydrazine groups is 1. The highest BCUT2D eigenvalue weighted by Crippen LogP contribution is 2.24. The van der Waals surface area contributed by atoms with Crippen LogP contribution in [-0.2, 0) is 0 Å². The number of hydrogen-bond acceptors (Lipinski definition) is 6. The molecule has 0 aliphatic carbocycles. The van der Waals surface area contributed by atoms with Crippen molar-refractivity contribution >= 4 is 11.4 Å². The maximum atomic E-state index is 6.69. The fourth-order valence-electron chi connectivity index (χ4n) is 2.35. The predicted molar refractivity (Wildman–Crippen MR) is 103 cm³/mol. The van der Waals surface area contributed by atoms with Gasteiger partial charge in [-0.15, -0.1) is 0 Å². The van der Waals surface area contributed by atoms with E-state index in [0.717, 1.165) is 28.0 Å². The lowest BCUT2D eigenvalue weighted by Crippen LogP contribution is -2.24. The fraction of sp³-hybridized carbons (Fsp3) is 0.0526. The van der Waals surface area contributed by atoms with E-state index in [-0.39, 0.29) is 0 Å². The van der Waals surface area contributed by atoms with Crippen LogP contribution in [0.4, 0.5) is 5.69 Å². The van der Waals surface area contributed by atoms with E-state index in [2.05, 4.69) is 22.4 Å². The van der Waals surface area contributed by atoms with E-state index in [9.17, 15) is 0 Å². The second-order valence-electron chi connectivity index (χ2n) is 5.46. The Morgan fingerprint density at radius 2 is 1.64 bits per heavy atom. The predicted octanol–water partition coefficient (Wildman–Crippen LogP) is 3.93. The molecule has 0 unspecified atom stereocenters. The van der Waals surface area contributed by atoms with Crippen LogP contribution in [0.15, 0.2) is 83.9 Å². The van der Waals surface area contributed by atoms with E-state index in [1.807, 2.05) is 55.5 Å². The lowest BCUT2D eigenvalue weighted by Gasteiger charge is -2.12. The molecule has 0 amide bonds. The van der Waals surface area contributed by atoms with Gasteiger partial charge in [0.2, 0.25) is 0 Å². The molecule has 6 nitrogen and oxygen atoms in total. The maximum absolute atomic E-state index is 6.69. The van der Waals surface area contributed by atoms with Crippen LogP contribution in [0, 0.1) is 5.53 Å². The molecule has 6 heteroatoms. The molecule has 0 saturated carbocycles. The van der Waals surface area contributed by atoms with Crippen molar-refractivity contribution in [2.45, 2.75) is 6.92 Å². The van der Waals surface area contributed by atoms with E-state index >= 15 is 0 Å². The third kappa shape index (κ3) is 4.55. The molecule has 0 aliphatic rings. The molecule has 25 heavy (non-hydrogen) atoms. The molecule has 0 spiro atoms. The van der Waals surface area contributed by atoms with Crippen LogP contribution in [0.25, 0.3) is 16.8 Å². The van der Waals surface area contributed by atoms with Crippen LogP contribution in [0.1, 0.15) is 12.5 Å². The van der Waals surface area contributed by atoms with Crippen LogP contribution in [-0.4, -0.2) is 0 Å². The average molecular weight is 334 g/mol. The van der Waals surface area contributed by atoms with Gasteiger partial charge in [-0.1, -0.05) is 43.0 Å². The number of rotatable bonds is 7. The summed E-state index contributed by atoms with van der Waals surface area (Å²) in [4.78, 5) is 0. The summed E-state index contributed by atoms with van der Waals surface area (Å²) in [6.07, 6.45) is 2.98. The van der Waals surface area contributed by atoms with Gasteiger partial charge in [0.05, 0.1) is 17.6 Å². The van der Waals surface area contributed by atoms with E-state index in [1.165, 1.54) is 6.20 Å². The summed E-state index contributed by atoms with van der Waals surface area (Å²) in [5.41, 5.74) is 21.4. The first-order chi connectivity index (χ1) is 12.1. The summed E-state index contributed by atoms with van der Waals surface area (Å²) < 4.78 is 0. The molecule has 2 aromatic carbocycles. The Labute approximate surface area is 147 Å². The lowest BCUT2D eigenvalue weighted by molar-refractivity contribution is 0.896. The van der Waals surface area contributed by atoms with Crippen molar-refractivity contribution in [3.8, 4) is 11.1 Å². The van der Waals surface area contributed by atoms with E-state index < -0.39 is 0 Å². The van der Waals surface area contributed by atoms with Crippen molar-refractivity contribution < 1.29 is 0 Å². The SMILES string of the molecule is C=C(C)/C(NN)=C(/N)c1ccc(-c2ccc(N/C=C\N=N)cc2)cc1. The van der Waals surface area contributed by atoms with Crippen molar-refractivity contribution in [1.29, 1.82) is 5.53 Å². The Morgan fingerprint density at radius 1 is 1.08 bits per heavy atom. The fourth-order valence-corrected chi connectivity index (χ4v) is 2.35. The Hall–Kier alpha value is -3.38. The zero-order chi connectivity index (χ0) is 18.2. The Kier molecular flexibility index (Phi) is 6.08. The van der Waals surface area contributed by atoms with Gasteiger partial charge in [0.25, 0.3) is 0 Å². The first kappa shape index (κ1) is 18.0. The summed E-state index contributed by atoms with van der Waals surface area (Å²) in [6, 6.07) is 15.9. The van der Waals surface area contributed by atoms with E-state index in [0.29, 0.717) is 11.4 Å². The van der Waals surface area contributed by atoms with Gasteiger partial charge in [0.1, 0.15) is 0 Å². The molecule has 7 N–H and O–H groups in total. The van der Waals surface area contributed by atoms with Crippen molar-refractivity contribution in [3.05, 3.63) is 84.3 Å². The summed E-state index contributed by atoms with van der Waals surface area (Å²) in [5, 5.41) is 6.18. The highest BCUT2D eigenvalue weighted by molar-refractivity contribution is 5.73. The molecule has 0 aromatic heterocycles. The van der Waals surface area contributed by atoms with Crippen LogP contribution >= 0.6 is 0 Å². The summed E-state index contributed by atoms with van der Waals surface area (Å²) >= 11 is 0. The third-order valence-corrected chi connectivity index (χ3v) is 3.65. The highest BCUT2D eigenvalue weighted by Gasteiger charge is 2.06. The molecule has 0 heterocycles. The van der Waals surface area contributed by atoms with Crippen molar-refractivity contribution in [3.63, 3.8) is 0 Å². The standard InChI is InChI=1S/C19H22N6/c1-13(2)19(25-22)18(20)16-5-3-14(4-6-16)15-7-9-17(10-8-15)23-11-12-24-21/h3-12,21,23,25H,1,20,22H2,2H3/b12-11-,19-18-,24-21?. The van der Waals surface area contributed by atoms with Crippen molar-refractivity contribution in [2.24, 2.45) is 16.7 Å². The minimum atomic E-state index is 0.563. The molecule has 0 fully saturated rings. The Balaban J connectivity index is 2.21. The molecule has 128 valence electrons. The first-order valence-electron chi connectivity index (χ1n) is 7.68. The summed E-state index contributed by atoms with van der Waals surface area (Å²) in [7, 11) is 0. The van der Waals surface area contributed by atoms with Gasteiger partial charge in [-0.2, -0.15) is 5.11 Å². The third-order valence-electron chi connectivity index (χ3n) is 3.65. The summed E-state index contributed by atoms with van der Waals surface area (Å²) in [6.45, 7) is 5.71. The molecule has 2 aromatic rings. The number of hydrogen-bond donors (Lipinski definition) is 5. The van der Waals surface area contributed by atoms with E-state index in [1.54, 1.807) is 6.20 Å². The zero-order valence-electron chi connectivity index (χ0n) is 14.1. The van der Waals surface area contributed by atoms with E-state index in [4.69, 9.17) is 17.1 Å². The number of nitrogens with two attached hydrogens (primary N) is 2. The topological polar surface area (TPSA) is 112 Å². The molecule has 0 bridgehead atoms. The van der Waals surface area contributed by atoms with Gasteiger partial charge >= 0.3 is 0 Å². The number of benzene rings is 2. The van der Waals surface area contributed by atoms with Gasteiger partial charge in [0.15, 0.2) is 0 Å². The van der Waals surface area contributed by atoms with Crippen LogP contribution < -0.4 is 22.3 Å². The molecule has 0 atom stereocenters. The van der Waals surface area contributed by atoms with Crippen LogP contribution in [0.5, 0.6) is 0 Å². The second kappa shape index (κ2) is 8.47. The Bertz CT molecular complexity index is 801. The van der Waals surface area contributed by atoms with Gasteiger partial charge in [0, 0.05) is 11.9 Å². The van der Waals surface area contributed by atoms with Gasteiger partial charge < -0.3 is 16.5 Å². The molecule has 0 saturated heterocycles. The van der Waals surface area contributed by atoms with Gasteiger partial charge in [-0.3, -0.25) is 5.84 Å². The molecular weight excluding hydrogens is 312 g/mol. The lowest BCUT2D eigenvalue weighted by atomic mass is 10.0. The summed E-state index contributed by atoms with van der Waals surface area (Å²) in [5.74, 6) is 5.51. The van der Waals surface area contributed by atoms with Crippen LogP contribution in [0.2, 0.25) is 0 Å². The normalized spacial score (nSPS) is 11.8. The number of anilines is 1. The zero-order valence-corrected chi connectivity index (χ0v) is 14.1. The van der Waals surface area contributed by atoms with Crippen molar-refractivity contribution in [2.75, 3.05) is 5.32 Å². The van der Waals surface area contributed by atoms with Crippen LogP contribution in [0.3, 0.4) is 0 Å². The van der Waals surface area contributed by atoms with Gasteiger partial charge in [-0.25, -0.2) is 5.53 Å².